The largest absolute Gasteiger partial charge is 0.300 e. The Kier molecular flexibility index (Phi) is 3.24. The predicted octanol–water partition coefficient (Wildman–Crippen LogP) is 1.08. The fraction of sp³-hybridized carbons (Fsp3) is 1.00. The van der Waals surface area contributed by atoms with Crippen molar-refractivity contribution in [3.63, 3.8) is 0 Å². The lowest BCUT2D eigenvalue weighted by molar-refractivity contribution is 0.107. The number of hydrogen-bond donors (Lipinski definition) is 0. The summed E-state index contributed by atoms with van der Waals surface area (Å²) in [7, 11) is 0. The first-order valence-electron chi connectivity index (χ1n) is 5.37. The first-order chi connectivity index (χ1) is 6.90. The number of azide groups is 1. The van der Waals surface area contributed by atoms with Gasteiger partial charge in [-0.3, -0.25) is 4.90 Å². The van der Waals surface area contributed by atoms with Crippen molar-refractivity contribution in [2.75, 3.05) is 39.3 Å². The van der Waals surface area contributed by atoms with Crippen LogP contribution in [0.4, 0.5) is 0 Å². The van der Waals surface area contributed by atoms with E-state index in [1.807, 2.05) is 0 Å². The summed E-state index contributed by atoms with van der Waals surface area (Å²) >= 11 is 0. The van der Waals surface area contributed by atoms with Crippen molar-refractivity contribution in [1.82, 2.24) is 9.80 Å². The van der Waals surface area contributed by atoms with E-state index < -0.39 is 0 Å². The molecule has 0 aromatic heterocycles. The molecule has 2 aliphatic rings. The second kappa shape index (κ2) is 4.64. The van der Waals surface area contributed by atoms with Gasteiger partial charge >= 0.3 is 0 Å². The van der Waals surface area contributed by atoms with Crippen molar-refractivity contribution in [2.24, 2.45) is 5.11 Å². The van der Waals surface area contributed by atoms with E-state index in [1.165, 1.54) is 32.5 Å². The Morgan fingerprint density at radius 3 is 3.14 bits per heavy atom. The number of rotatable bonds is 3. The Morgan fingerprint density at radius 2 is 2.29 bits per heavy atom. The van der Waals surface area contributed by atoms with Crippen LogP contribution in [-0.4, -0.2) is 55.1 Å². The smallest absolute Gasteiger partial charge is 0.0385 e. The van der Waals surface area contributed by atoms with Crippen LogP contribution in [0.15, 0.2) is 5.11 Å². The average Bonchev–Trinajstić information content (AvgIpc) is 2.65. The monoisotopic (exact) mass is 195 g/mol. The molecule has 14 heavy (non-hydrogen) atoms. The van der Waals surface area contributed by atoms with E-state index in [-0.39, 0.29) is 0 Å². The minimum Gasteiger partial charge on any atom is -0.300 e. The number of fused-ring (bicyclic) bond motifs is 1. The highest BCUT2D eigenvalue weighted by Crippen LogP contribution is 2.20. The van der Waals surface area contributed by atoms with Crippen molar-refractivity contribution in [1.29, 1.82) is 0 Å². The molecule has 5 nitrogen and oxygen atoms in total. The van der Waals surface area contributed by atoms with Crippen LogP contribution in [0.1, 0.15) is 12.8 Å². The third kappa shape index (κ3) is 2.18. The molecule has 2 heterocycles. The molecule has 1 unspecified atom stereocenters. The molecular formula is C9H17N5. The Balaban J connectivity index is 1.76. The highest BCUT2D eigenvalue weighted by molar-refractivity contribution is 4.86. The van der Waals surface area contributed by atoms with Crippen molar-refractivity contribution in [2.45, 2.75) is 18.9 Å². The fourth-order valence-electron chi connectivity index (χ4n) is 2.49. The van der Waals surface area contributed by atoms with Gasteiger partial charge in [0.2, 0.25) is 0 Å². The summed E-state index contributed by atoms with van der Waals surface area (Å²) in [5, 5.41) is 3.58. The third-order valence-electron chi connectivity index (χ3n) is 3.25. The molecule has 1 atom stereocenters. The Bertz CT molecular complexity index is 235. The van der Waals surface area contributed by atoms with Crippen LogP contribution < -0.4 is 0 Å². The maximum atomic E-state index is 8.18. The van der Waals surface area contributed by atoms with Gasteiger partial charge in [0.15, 0.2) is 0 Å². The normalized spacial score (nSPS) is 28.4. The molecule has 0 aliphatic carbocycles. The summed E-state index contributed by atoms with van der Waals surface area (Å²) in [4.78, 5) is 7.78. The van der Waals surface area contributed by atoms with Crippen molar-refractivity contribution in [3.05, 3.63) is 10.4 Å². The maximum absolute atomic E-state index is 8.18. The number of nitrogens with zero attached hydrogens (tertiary/aromatic N) is 5. The summed E-state index contributed by atoms with van der Waals surface area (Å²) in [6.45, 7) is 6.33. The molecular weight excluding hydrogens is 178 g/mol. The van der Waals surface area contributed by atoms with Gasteiger partial charge in [0.25, 0.3) is 0 Å². The number of piperazine rings is 1. The van der Waals surface area contributed by atoms with Gasteiger partial charge in [0.05, 0.1) is 0 Å². The molecule has 2 rings (SSSR count). The van der Waals surface area contributed by atoms with Crippen LogP contribution in [0, 0.1) is 0 Å². The second-order valence-electron chi connectivity index (χ2n) is 4.09. The number of hydrogen-bond acceptors (Lipinski definition) is 3. The van der Waals surface area contributed by atoms with Crippen LogP contribution in [0.25, 0.3) is 10.4 Å². The molecule has 5 heteroatoms. The first kappa shape index (κ1) is 9.77. The molecule has 0 amide bonds. The summed E-state index contributed by atoms with van der Waals surface area (Å²) in [5.41, 5.74) is 8.18. The minimum atomic E-state index is 0.614. The lowest BCUT2D eigenvalue weighted by Crippen LogP contribution is -2.50. The zero-order chi connectivity index (χ0) is 9.80. The Hall–Kier alpha value is -0.770. The van der Waals surface area contributed by atoms with E-state index >= 15 is 0 Å². The molecule has 2 aliphatic heterocycles. The quantitative estimate of drug-likeness (QED) is 0.384. The van der Waals surface area contributed by atoms with Crippen molar-refractivity contribution in [3.8, 4) is 0 Å². The topological polar surface area (TPSA) is 55.2 Å². The summed E-state index contributed by atoms with van der Waals surface area (Å²) in [6.07, 6.45) is 2.70. The van der Waals surface area contributed by atoms with Crippen molar-refractivity contribution >= 4 is 0 Å². The van der Waals surface area contributed by atoms with Crippen LogP contribution in [0.3, 0.4) is 0 Å². The van der Waals surface area contributed by atoms with Crippen LogP contribution in [0.2, 0.25) is 0 Å². The van der Waals surface area contributed by atoms with Crippen molar-refractivity contribution < 1.29 is 0 Å². The van der Waals surface area contributed by atoms with Gasteiger partial charge in [-0.15, -0.1) is 0 Å². The molecule has 0 spiro atoms. The highest BCUT2D eigenvalue weighted by atomic mass is 15.3. The molecule has 0 aromatic carbocycles. The van der Waals surface area contributed by atoms with Gasteiger partial charge in [-0.1, -0.05) is 5.11 Å². The predicted molar refractivity (Wildman–Crippen MR) is 55.0 cm³/mol. The standard InChI is InChI=1S/C9H17N5/c10-12-11-3-5-13-6-7-14-4-1-2-9(14)8-13/h9H,1-8H2. The highest BCUT2D eigenvalue weighted by Gasteiger charge is 2.29. The third-order valence-corrected chi connectivity index (χ3v) is 3.25. The second-order valence-corrected chi connectivity index (χ2v) is 4.09. The average molecular weight is 195 g/mol. The summed E-state index contributed by atoms with van der Waals surface area (Å²) in [5.74, 6) is 0. The zero-order valence-corrected chi connectivity index (χ0v) is 8.47. The molecule has 2 saturated heterocycles. The van der Waals surface area contributed by atoms with Crippen LogP contribution in [-0.2, 0) is 0 Å². The Labute approximate surface area is 84.3 Å². The molecule has 2 fully saturated rings. The molecule has 0 radical (unpaired) electrons. The lowest BCUT2D eigenvalue weighted by atomic mass is 10.1. The van der Waals surface area contributed by atoms with E-state index in [0.717, 1.165) is 19.1 Å². The van der Waals surface area contributed by atoms with E-state index in [9.17, 15) is 0 Å². The van der Waals surface area contributed by atoms with E-state index in [2.05, 4.69) is 19.8 Å². The first-order valence-corrected chi connectivity index (χ1v) is 5.37. The van der Waals surface area contributed by atoms with Gasteiger partial charge in [0.1, 0.15) is 0 Å². The van der Waals surface area contributed by atoms with Gasteiger partial charge in [-0.25, -0.2) is 0 Å². The zero-order valence-electron chi connectivity index (χ0n) is 8.47. The molecule has 78 valence electrons. The van der Waals surface area contributed by atoms with Crippen LogP contribution >= 0.6 is 0 Å². The van der Waals surface area contributed by atoms with Gasteiger partial charge in [-0.05, 0) is 24.9 Å². The summed E-state index contributed by atoms with van der Waals surface area (Å²) < 4.78 is 0. The van der Waals surface area contributed by atoms with Crippen LogP contribution in [0.5, 0.6) is 0 Å². The molecule has 0 saturated carbocycles. The van der Waals surface area contributed by atoms with E-state index in [0.29, 0.717) is 6.54 Å². The van der Waals surface area contributed by atoms with Gasteiger partial charge < -0.3 is 4.90 Å². The summed E-state index contributed by atoms with van der Waals surface area (Å²) in [6, 6.07) is 0.773. The maximum Gasteiger partial charge on any atom is 0.0385 e. The fourth-order valence-corrected chi connectivity index (χ4v) is 2.49. The van der Waals surface area contributed by atoms with Gasteiger partial charge in [-0.2, -0.15) is 0 Å². The lowest BCUT2D eigenvalue weighted by Gasteiger charge is -2.37. The van der Waals surface area contributed by atoms with E-state index in [1.54, 1.807) is 0 Å². The minimum absolute atomic E-state index is 0.614. The van der Waals surface area contributed by atoms with E-state index in [4.69, 9.17) is 5.53 Å². The SMILES string of the molecule is [N-]=[N+]=NCCN1CCN2CCCC2C1. The molecule has 0 aromatic rings. The van der Waals surface area contributed by atoms with Gasteiger partial charge in [0, 0.05) is 43.7 Å². The molecule has 0 N–H and O–H groups in total. The molecule has 0 bridgehead atoms. The Morgan fingerprint density at radius 1 is 1.36 bits per heavy atom.